The summed E-state index contributed by atoms with van der Waals surface area (Å²) >= 11 is 1.39. The van der Waals surface area contributed by atoms with Crippen LogP contribution in [0.15, 0.2) is 35.8 Å². The third-order valence-electron chi connectivity index (χ3n) is 2.38. The zero-order chi connectivity index (χ0) is 13.0. The molecule has 3 N–H and O–H groups in total. The maximum Gasteiger partial charge on any atom is 0.247 e. The van der Waals surface area contributed by atoms with Crippen molar-refractivity contribution in [3.63, 3.8) is 0 Å². The standard InChI is InChI=1S/C12H13N3O2S/c1-17-9-4-2-8(3-5-9)15-10(11(13)16)12-14-6-7-18-12/h2-7,10,15H,1H3,(H2,13,16). The van der Waals surface area contributed by atoms with E-state index in [1.807, 2.05) is 24.3 Å². The number of benzene rings is 1. The monoisotopic (exact) mass is 263 g/mol. The fourth-order valence-corrected chi connectivity index (χ4v) is 2.18. The van der Waals surface area contributed by atoms with Crippen LogP contribution in [0.3, 0.4) is 0 Å². The summed E-state index contributed by atoms with van der Waals surface area (Å²) in [5.41, 5.74) is 6.16. The van der Waals surface area contributed by atoms with Crippen molar-refractivity contribution >= 4 is 22.9 Å². The largest absolute Gasteiger partial charge is 0.497 e. The van der Waals surface area contributed by atoms with Crippen LogP contribution in [0.5, 0.6) is 5.75 Å². The lowest BCUT2D eigenvalue weighted by Crippen LogP contribution is -2.27. The molecular formula is C12H13N3O2S. The summed E-state index contributed by atoms with van der Waals surface area (Å²) in [6.45, 7) is 0. The molecule has 1 amide bonds. The number of ether oxygens (including phenoxy) is 1. The average Bonchev–Trinajstić information content (AvgIpc) is 2.90. The van der Waals surface area contributed by atoms with Crippen LogP contribution in [0.1, 0.15) is 11.0 Å². The second-order valence-electron chi connectivity index (χ2n) is 3.58. The van der Waals surface area contributed by atoms with Crippen LogP contribution < -0.4 is 15.8 Å². The average molecular weight is 263 g/mol. The Bertz CT molecular complexity index is 511. The number of rotatable bonds is 5. The topological polar surface area (TPSA) is 77.2 Å². The Labute approximate surface area is 109 Å². The van der Waals surface area contributed by atoms with Crippen LogP contribution in [0.2, 0.25) is 0 Å². The molecule has 0 fully saturated rings. The number of hydrogen-bond acceptors (Lipinski definition) is 5. The molecule has 0 radical (unpaired) electrons. The molecule has 2 rings (SSSR count). The van der Waals surface area contributed by atoms with Crippen molar-refractivity contribution in [2.45, 2.75) is 6.04 Å². The Morgan fingerprint density at radius 1 is 1.44 bits per heavy atom. The van der Waals surface area contributed by atoms with Crippen molar-refractivity contribution < 1.29 is 9.53 Å². The number of hydrogen-bond donors (Lipinski definition) is 2. The second-order valence-corrected chi connectivity index (χ2v) is 4.50. The molecule has 2 aromatic rings. The number of primary amides is 1. The van der Waals surface area contributed by atoms with E-state index in [2.05, 4.69) is 10.3 Å². The van der Waals surface area contributed by atoms with Crippen LogP contribution in [0, 0.1) is 0 Å². The fraction of sp³-hybridized carbons (Fsp3) is 0.167. The summed E-state index contributed by atoms with van der Waals surface area (Å²) < 4.78 is 5.06. The van der Waals surface area contributed by atoms with Gasteiger partial charge >= 0.3 is 0 Å². The minimum absolute atomic E-state index is 0.458. The van der Waals surface area contributed by atoms with E-state index < -0.39 is 11.9 Å². The van der Waals surface area contributed by atoms with Crippen LogP contribution in [-0.4, -0.2) is 18.0 Å². The summed E-state index contributed by atoms with van der Waals surface area (Å²) in [7, 11) is 1.60. The first-order chi connectivity index (χ1) is 8.70. The number of nitrogens with two attached hydrogens (primary N) is 1. The van der Waals surface area contributed by atoms with E-state index in [1.165, 1.54) is 11.3 Å². The number of thiazole rings is 1. The van der Waals surface area contributed by atoms with E-state index in [-0.39, 0.29) is 0 Å². The Balaban J connectivity index is 2.16. The van der Waals surface area contributed by atoms with E-state index in [1.54, 1.807) is 18.7 Å². The summed E-state index contributed by atoms with van der Waals surface area (Å²) in [6.07, 6.45) is 1.64. The van der Waals surface area contributed by atoms with Gasteiger partial charge in [-0.25, -0.2) is 4.98 Å². The van der Waals surface area contributed by atoms with Gasteiger partial charge in [0.25, 0.3) is 0 Å². The lowest BCUT2D eigenvalue weighted by atomic mass is 10.2. The number of nitrogens with zero attached hydrogens (tertiary/aromatic N) is 1. The molecule has 1 atom stereocenters. The molecule has 1 heterocycles. The van der Waals surface area contributed by atoms with Gasteiger partial charge in [-0.05, 0) is 24.3 Å². The maximum atomic E-state index is 11.4. The van der Waals surface area contributed by atoms with E-state index in [4.69, 9.17) is 10.5 Å². The third kappa shape index (κ3) is 2.78. The lowest BCUT2D eigenvalue weighted by molar-refractivity contribution is -0.118. The van der Waals surface area contributed by atoms with E-state index in [0.29, 0.717) is 5.01 Å². The van der Waals surface area contributed by atoms with Gasteiger partial charge in [0, 0.05) is 17.3 Å². The number of methoxy groups -OCH3 is 1. The molecule has 0 saturated carbocycles. The summed E-state index contributed by atoms with van der Waals surface area (Å²) in [6, 6.07) is 6.65. The lowest BCUT2D eigenvalue weighted by Gasteiger charge is -2.14. The predicted molar refractivity (Wildman–Crippen MR) is 70.7 cm³/mol. The van der Waals surface area contributed by atoms with Crippen molar-refractivity contribution in [2.75, 3.05) is 12.4 Å². The maximum absolute atomic E-state index is 11.4. The summed E-state index contributed by atoms with van der Waals surface area (Å²) in [5.74, 6) is 0.297. The molecule has 5 nitrogen and oxygen atoms in total. The van der Waals surface area contributed by atoms with Gasteiger partial charge in [0.2, 0.25) is 5.91 Å². The molecule has 1 unspecified atom stereocenters. The molecule has 6 heteroatoms. The molecule has 0 aliphatic carbocycles. The van der Waals surface area contributed by atoms with E-state index in [9.17, 15) is 4.79 Å². The molecule has 0 spiro atoms. The SMILES string of the molecule is COc1ccc(NC(C(N)=O)c2nccs2)cc1. The highest BCUT2D eigenvalue weighted by Crippen LogP contribution is 2.22. The number of amides is 1. The van der Waals surface area contributed by atoms with E-state index in [0.717, 1.165) is 11.4 Å². The van der Waals surface area contributed by atoms with Crippen LogP contribution in [0.4, 0.5) is 5.69 Å². The fourth-order valence-electron chi connectivity index (χ4n) is 1.49. The first-order valence-electron chi connectivity index (χ1n) is 5.30. The summed E-state index contributed by atoms with van der Waals surface area (Å²) in [5, 5.41) is 5.51. The van der Waals surface area contributed by atoms with Crippen LogP contribution >= 0.6 is 11.3 Å². The van der Waals surface area contributed by atoms with Crippen molar-refractivity contribution in [1.82, 2.24) is 4.98 Å². The van der Waals surface area contributed by atoms with Gasteiger partial charge < -0.3 is 15.8 Å². The third-order valence-corrected chi connectivity index (χ3v) is 3.22. The molecule has 1 aromatic heterocycles. The van der Waals surface area contributed by atoms with Gasteiger partial charge in [-0.15, -0.1) is 11.3 Å². The van der Waals surface area contributed by atoms with Gasteiger partial charge in [0.1, 0.15) is 10.8 Å². The molecule has 18 heavy (non-hydrogen) atoms. The number of aromatic nitrogens is 1. The molecule has 0 bridgehead atoms. The van der Waals surface area contributed by atoms with E-state index >= 15 is 0 Å². The highest BCUT2D eigenvalue weighted by molar-refractivity contribution is 7.09. The van der Waals surface area contributed by atoms with Crippen LogP contribution in [-0.2, 0) is 4.79 Å². The molecular weight excluding hydrogens is 250 g/mol. The normalized spacial score (nSPS) is 11.8. The van der Waals surface area contributed by atoms with Gasteiger partial charge in [-0.1, -0.05) is 0 Å². The molecule has 1 aromatic carbocycles. The van der Waals surface area contributed by atoms with Crippen molar-refractivity contribution in [3.05, 3.63) is 40.8 Å². The number of anilines is 1. The molecule has 0 aliphatic heterocycles. The quantitative estimate of drug-likeness (QED) is 0.862. The molecule has 0 saturated heterocycles. The smallest absolute Gasteiger partial charge is 0.247 e. The zero-order valence-corrected chi connectivity index (χ0v) is 10.6. The Morgan fingerprint density at radius 2 is 2.17 bits per heavy atom. The first-order valence-corrected chi connectivity index (χ1v) is 6.18. The van der Waals surface area contributed by atoms with Crippen molar-refractivity contribution in [1.29, 1.82) is 0 Å². The number of carbonyl (C=O) groups is 1. The minimum Gasteiger partial charge on any atom is -0.497 e. The van der Waals surface area contributed by atoms with Gasteiger partial charge in [-0.2, -0.15) is 0 Å². The first kappa shape index (κ1) is 12.4. The minimum atomic E-state index is -0.613. The predicted octanol–water partition coefficient (Wildman–Crippen LogP) is 1.79. The van der Waals surface area contributed by atoms with Crippen molar-refractivity contribution in [3.8, 4) is 5.75 Å². The summed E-state index contributed by atoms with van der Waals surface area (Å²) in [4.78, 5) is 15.5. The molecule has 94 valence electrons. The van der Waals surface area contributed by atoms with Gasteiger partial charge in [0.05, 0.1) is 7.11 Å². The van der Waals surface area contributed by atoms with Crippen LogP contribution in [0.25, 0.3) is 0 Å². The Hall–Kier alpha value is -2.08. The Kier molecular flexibility index (Phi) is 3.78. The number of carbonyl (C=O) groups excluding carboxylic acids is 1. The molecule has 0 aliphatic rings. The highest BCUT2D eigenvalue weighted by atomic mass is 32.1. The highest BCUT2D eigenvalue weighted by Gasteiger charge is 2.19. The van der Waals surface area contributed by atoms with Gasteiger partial charge in [-0.3, -0.25) is 4.79 Å². The van der Waals surface area contributed by atoms with Gasteiger partial charge in [0.15, 0.2) is 6.04 Å². The zero-order valence-electron chi connectivity index (χ0n) is 9.79. The Morgan fingerprint density at radius 3 is 2.67 bits per heavy atom. The number of nitrogens with one attached hydrogen (secondary N) is 1. The second kappa shape index (κ2) is 5.50. The van der Waals surface area contributed by atoms with Crippen molar-refractivity contribution in [2.24, 2.45) is 5.73 Å².